The lowest BCUT2D eigenvalue weighted by Gasteiger charge is -2.09. The topological polar surface area (TPSA) is 35.2 Å². The molecule has 100 valence electrons. The second kappa shape index (κ2) is 5.55. The number of halogens is 3. The van der Waals surface area contributed by atoms with Gasteiger partial charge < -0.3 is 10.5 Å². The van der Waals surface area contributed by atoms with Crippen LogP contribution in [-0.4, -0.2) is 7.11 Å². The van der Waals surface area contributed by atoms with Crippen molar-refractivity contribution < 1.29 is 13.5 Å². The molecule has 2 nitrogen and oxygen atoms in total. The van der Waals surface area contributed by atoms with Crippen molar-refractivity contribution in [3.8, 4) is 16.9 Å². The van der Waals surface area contributed by atoms with Crippen molar-refractivity contribution in [1.29, 1.82) is 0 Å². The first-order chi connectivity index (χ1) is 9.06. The lowest BCUT2D eigenvalue weighted by Crippen LogP contribution is -1.98. The molecule has 0 aliphatic heterocycles. The molecule has 0 amide bonds. The van der Waals surface area contributed by atoms with Crippen LogP contribution in [0.25, 0.3) is 11.1 Å². The zero-order valence-electron chi connectivity index (χ0n) is 10.2. The van der Waals surface area contributed by atoms with E-state index in [-0.39, 0.29) is 17.9 Å². The third-order valence-electron chi connectivity index (χ3n) is 2.81. The second-order valence-electron chi connectivity index (χ2n) is 3.98. The minimum absolute atomic E-state index is 0.128. The summed E-state index contributed by atoms with van der Waals surface area (Å²) >= 11 is 5.99. The Labute approximate surface area is 114 Å². The average Bonchev–Trinajstić information content (AvgIpc) is 2.38. The van der Waals surface area contributed by atoms with E-state index in [4.69, 9.17) is 22.1 Å². The van der Waals surface area contributed by atoms with Crippen molar-refractivity contribution in [2.24, 2.45) is 5.73 Å². The molecule has 0 atom stereocenters. The van der Waals surface area contributed by atoms with Gasteiger partial charge in [0.1, 0.15) is 17.4 Å². The standard InChI is InChI=1S/C14H12ClF2NO/c1-19-10-5-12(16)14(13(17)6-10)8-2-3-9(7-18)11(15)4-8/h2-6H,7,18H2,1H3. The van der Waals surface area contributed by atoms with E-state index in [1.54, 1.807) is 12.1 Å². The van der Waals surface area contributed by atoms with Crippen LogP contribution in [0.15, 0.2) is 30.3 Å². The minimum atomic E-state index is -0.701. The molecule has 0 aliphatic carbocycles. The van der Waals surface area contributed by atoms with Gasteiger partial charge in [0, 0.05) is 23.7 Å². The predicted octanol–water partition coefficient (Wildman–Crippen LogP) is 3.75. The molecule has 0 heterocycles. The molecule has 0 saturated heterocycles. The fourth-order valence-electron chi connectivity index (χ4n) is 1.81. The van der Waals surface area contributed by atoms with E-state index in [9.17, 15) is 8.78 Å². The highest BCUT2D eigenvalue weighted by Crippen LogP contribution is 2.32. The normalized spacial score (nSPS) is 10.6. The maximum Gasteiger partial charge on any atom is 0.137 e. The van der Waals surface area contributed by atoms with Gasteiger partial charge in [0.15, 0.2) is 0 Å². The quantitative estimate of drug-likeness (QED) is 0.931. The lowest BCUT2D eigenvalue weighted by atomic mass is 10.0. The smallest absolute Gasteiger partial charge is 0.137 e. The number of rotatable bonds is 3. The number of hydrogen-bond acceptors (Lipinski definition) is 2. The molecule has 19 heavy (non-hydrogen) atoms. The summed E-state index contributed by atoms with van der Waals surface area (Å²) in [6.45, 7) is 0.271. The second-order valence-corrected chi connectivity index (χ2v) is 4.38. The zero-order valence-corrected chi connectivity index (χ0v) is 11.0. The fourth-order valence-corrected chi connectivity index (χ4v) is 2.07. The Morgan fingerprint density at radius 1 is 1.16 bits per heavy atom. The van der Waals surface area contributed by atoms with Crippen LogP contribution < -0.4 is 10.5 Å². The van der Waals surface area contributed by atoms with Crippen LogP contribution in [0.5, 0.6) is 5.75 Å². The van der Waals surface area contributed by atoms with E-state index in [0.29, 0.717) is 10.6 Å². The number of nitrogens with two attached hydrogens (primary N) is 1. The summed E-state index contributed by atoms with van der Waals surface area (Å²) in [6.07, 6.45) is 0. The Hall–Kier alpha value is -1.65. The first-order valence-electron chi connectivity index (χ1n) is 5.58. The minimum Gasteiger partial charge on any atom is -0.497 e. The summed E-state index contributed by atoms with van der Waals surface area (Å²) in [5.41, 5.74) is 6.44. The Morgan fingerprint density at radius 2 is 1.79 bits per heavy atom. The fraction of sp³-hybridized carbons (Fsp3) is 0.143. The van der Waals surface area contributed by atoms with E-state index < -0.39 is 11.6 Å². The molecular weight excluding hydrogens is 272 g/mol. The molecule has 2 N–H and O–H groups in total. The number of hydrogen-bond donors (Lipinski definition) is 1. The Bertz CT molecular complexity index is 593. The van der Waals surface area contributed by atoms with Crippen LogP contribution in [0.3, 0.4) is 0 Å². The van der Waals surface area contributed by atoms with Gasteiger partial charge in [-0.15, -0.1) is 0 Å². The Balaban J connectivity index is 2.56. The van der Waals surface area contributed by atoms with E-state index in [1.165, 1.54) is 13.2 Å². The van der Waals surface area contributed by atoms with Crippen LogP contribution in [-0.2, 0) is 6.54 Å². The van der Waals surface area contributed by atoms with Gasteiger partial charge in [-0.1, -0.05) is 23.7 Å². The SMILES string of the molecule is COc1cc(F)c(-c2ccc(CN)c(Cl)c2)c(F)c1. The van der Waals surface area contributed by atoms with Gasteiger partial charge in [-0.2, -0.15) is 0 Å². The van der Waals surface area contributed by atoms with Crippen LogP contribution in [0.4, 0.5) is 8.78 Å². The molecule has 5 heteroatoms. The number of ether oxygens (including phenoxy) is 1. The van der Waals surface area contributed by atoms with Gasteiger partial charge in [0.05, 0.1) is 12.7 Å². The highest BCUT2D eigenvalue weighted by atomic mass is 35.5. The molecule has 0 aromatic heterocycles. The van der Waals surface area contributed by atoms with Crippen molar-refractivity contribution in [1.82, 2.24) is 0 Å². The van der Waals surface area contributed by atoms with Gasteiger partial charge in [-0.3, -0.25) is 0 Å². The highest BCUT2D eigenvalue weighted by molar-refractivity contribution is 6.31. The summed E-state index contributed by atoms with van der Waals surface area (Å²) in [5.74, 6) is -1.27. The molecule has 0 unspecified atom stereocenters. The highest BCUT2D eigenvalue weighted by Gasteiger charge is 2.14. The molecule has 0 radical (unpaired) electrons. The van der Waals surface area contributed by atoms with Crippen molar-refractivity contribution in [3.63, 3.8) is 0 Å². The third-order valence-corrected chi connectivity index (χ3v) is 3.16. The van der Waals surface area contributed by atoms with Crippen LogP contribution in [0.2, 0.25) is 5.02 Å². The summed E-state index contributed by atoms with van der Waals surface area (Å²) in [6, 6.07) is 6.99. The average molecular weight is 284 g/mol. The Kier molecular flexibility index (Phi) is 4.02. The van der Waals surface area contributed by atoms with Crippen molar-refractivity contribution in [2.45, 2.75) is 6.54 Å². The molecule has 0 fully saturated rings. The molecule has 2 aromatic carbocycles. The van der Waals surface area contributed by atoms with E-state index in [1.807, 2.05) is 0 Å². The zero-order chi connectivity index (χ0) is 14.0. The summed E-state index contributed by atoms with van der Waals surface area (Å²) in [5, 5.41) is 0.384. The first-order valence-corrected chi connectivity index (χ1v) is 5.96. The largest absolute Gasteiger partial charge is 0.497 e. The van der Waals surface area contributed by atoms with Gasteiger partial charge in [0.25, 0.3) is 0 Å². The van der Waals surface area contributed by atoms with Crippen LogP contribution in [0.1, 0.15) is 5.56 Å². The maximum absolute atomic E-state index is 13.9. The lowest BCUT2D eigenvalue weighted by molar-refractivity contribution is 0.407. The van der Waals surface area contributed by atoms with Crippen molar-refractivity contribution in [2.75, 3.05) is 7.11 Å². The molecule has 0 spiro atoms. The van der Waals surface area contributed by atoms with Gasteiger partial charge >= 0.3 is 0 Å². The third kappa shape index (κ3) is 2.69. The summed E-state index contributed by atoms with van der Waals surface area (Å²) < 4.78 is 32.6. The molecule has 0 saturated carbocycles. The molecule has 0 bridgehead atoms. The van der Waals surface area contributed by atoms with Crippen LogP contribution in [0, 0.1) is 11.6 Å². The molecule has 2 rings (SSSR count). The van der Waals surface area contributed by atoms with Crippen molar-refractivity contribution >= 4 is 11.6 Å². The maximum atomic E-state index is 13.9. The number of benzene rings is 2. The Morgan fingerprint density at radius 3 is 2.26 bits per heavy atom. The molecule has 2 aromatic rings. The van der Waals surface area contributed by atoms with Gasteiger partial charge in [0.2, 0.25) is 0 Å². The first kappa shape index (κ1) is 13.8. The molecular formula is C14H12ClF2NO. The summed E-state index contributed by atoms with van der Waals surface area (Å²) in [4.78, 5) is 0. The predicted molar refractivity (Wildman–Crippen MR) is 71.2 cm³/mol. The number of methoxy groups -OCH3 is 1. The van der Waals surface area contributed by atoms with E-state index >= 15 is 0 Å². The van der Waals surface area contributed by atoms with Gasteiger partial charge in [-0.25, -0.2) is 8.78 Å². The van der Waals surface area contributed by atoms with Gasteiger partial charge in [-0.05, 0) is 17.2 Å². The van der Waals surface area contributed by atoms with Crippen LogP contribution >= 0.6 is 11.6 Å². The summed E-state index contributed by atoms with van der Waals surface area (Å²) in [7, 11) is 1.35. The van der Waals surface area contributed by atoms with E-state index in [2.05, 4.69) is 0 Å². The van der Waals surface area contributed by atoms with Crippen molar-refractivity contribution in [3.05, 3.63) is 52.6 Å². The molecule has 0 aliphatic rings. The monoisotopic (exact) mass is 283 g/mol. The van der Waals surface area contributed by atoms with E-state index in [0.717, 1.165) is 17.7 Å².